The van der Waals surface area contributed by atoms with Crippen molar-refractivity contribution in [3.63, 3.8) is 0 Å². The molecule has 346 valence electrons. The lowest BCUT2D eigenvalue weighted by atomic mass is 10.1. The summed E-state index contributed by atoms with van der Waals surface area (Å²) in [5.41, 5.74) is 6.02. The molecule has 0 aliphatic heterocycles. The van der Waals surface area contributed by atoms with Crippen LogP contribution in [0, 0.1) is 13.8 Å². The molecule has 7 rings (SSSR count). The van der Waals surface area contributed by atoms with Crippen molar-refractivity contribution in [2.24, 2.45) is 40.9 Å². The zero-order chi connectivity index (χ0) is 48.5. The lowest BCUT2D eigenvalue weighted by molar-refractivity contribution is 0.481. The van der Waals surface area contributed by atoms with Crippen molar-refractivity contribution in [1.82, 2.24) is 15.0 Å². The zero-order valence-electron chi connectivity index (χ0n) is 35.8. The molecule has 0 bridgehead atoms. The van der Waals surface area contributed by atoms with Crippen LogP contribution in [-0.4, -0.2) is 59.7 Å². The maximum atomic E-state index is 12.3. The van der Waals surface area contributed by atoms with Crippen LogP contribution in [-0.2, 0) is 43.2 Å². The third-order valence-corrected chi connectivity index (χ3v) is 11.7. The van der Waals surface area contributed by atoms with Gasteiger partial charge in [0.2, 0.25) is 5.95 Å². The Morgan fingerprint density at radius 1 is 0.456 bits per heavy atom. The Balaban J connectivity index is 1.03. The van der Waals surface area contributed by atoms with Gasteiger partial charge in [0.25, 0.3) is 30.4 Å². The molecule has 0 fully saturated rings. The van der Waals surface area contributed by atoms with Crippen molar-refractivity contribution in [2.45, 2.75) is 36.5 Å². The van der Waals surface area contributed by atoms with E-state index in [1.807, 2.05) is 25.1 Å². The number of hydrogen-bond acceptors (Lipinski definition) is 18. The van der Waals surface area contributed by atoms with E-state index in [-0.39, 0.29) is 40.9 Å². The number of nitrogens with one attached hydrogen (secondary N) is 1. The monoisotopic (exact) mass is 974 g/mol. The summed E-state index contributed by atoms with van der Waals surface area (Å²) in [7, 11) is -13.5. The molecule has 0 unspecified atom stereocenters. The highest BCUT2D eigenvalue weighted by atomic mass is 32.2. The van der Waals surface area contributed by atoms with Crippen LogP contribution in [0.3, 0.4) is 0 Å². The number of anilines is 1. The lowest BCUT2D eigenvalue weighted by Gasteiger charge is -2.10. The molecule has 0 saturated carbocycles. The first kappa shape index (κ1) is 48.2. The largest absolute Gasteiger partial charge is 0.338 e. The highest BCUT2D eigenvalue weighted by molar-refractivity contribution is 7.86. The summed E-state index contributed by atoms with van der Waals surface area (Å²) in [6.45, 7) is 3.63. The van der Waals surface area contributed by atoms with Crippen LogP contribution in [0.5, 0.6) is 0 Å². The first-order valence-electron chi connectivity index (χ1n) is 20.0. The van der Waals surface area contributed by atoms with Crippen molar-refractivity contribution >= 4 is 81.8 Å². The Hall–Kier alpha value is -7.74. The van der Waals surface area contributed by atoms with Crippen LogP contribution in [0.25, 0.3) is 0 Å². The predicted octanol–water partition coefficient (Wildman–Crippen LogP) is 11.1. The van der Waals surface area contributed by atoms with Crippen molar-refractivity contribution in [1.29, 1.82) is 0 Å². The number of aryl methyl sites for hydroxylation is 2. The predicted molar refractivity (Wildman–Crippen MR) is 250 cm³/mol. The summed E-state index contributed by atoms with van der Waals surface area (Å²) in [5, 5.41) is 35.9. The molecule has 0 aliphatic carbocycles. The summed E-state index contributed by atoms with van der Waals surface area (Å²) in [4.78, 5) is 12.7. The van der Waals surface area contributed by atoms with Crippen molar-refractivity contribution in [2.75, 3.05) is 11.2 Å². The fraction of sp³-hybridized carbons (Fsp3) is 0.114. The third kappa shape index (κ3) is 13.9. The number of nitrogens with zero attached hydrogens (tertiary/aromatic N) is 11. The molecular formula is C44H38N12O9S3. The van der Waals surface area contributed by atoms with E-state index < -0.39 is 41.1 Å². The maximum Gasteiger partial charge on any atom is 0.296 e. The minimum atomic E-state index is -4.72. The summed E-state index contributed by atoms with van der Waals surface area (Å²) in [6, 6.07) is 35.5. The Labute approximate surface area is 389 Å². The first-order valence-corrected chi connectivity index (χ1v) is 24.4. The van der Waals surface area contributed by atoms with Gasteiger partial charge in [-0.25, -0.2) is 4.98 Å². The molecule has 0 radical (unpaired) electrons. The molecule has 0 aliphatic rings. The van der Waals surface area contributed by atoms with Gasteiger partial charge >= 0.3 is 0 Å². The van der Waals surface area contributed by atoms with Gasteiger partial charge < -0.3 is 5.32 Å². The standard InChI is InChI=1S/C44H38N12O9S3/c1-28-22-30(8-19-38(28)54-52-34-12-10-33(11-13-34)50-51-35-14-17-37(18-15-35)67(60,61)62)24-42-46-43(48-44(47-42)45-27-66(57,58)59)25-31-9-20-39(29(2)23-31)55-56-40-21-16-36(26-41(40)68(63,64)65)53-49-32-6-4-3-5-7-32/h3-23,26H,24-25,27H2,1-2H3,(H,57,58,59)(H,60,61,62)(H,63,64,65)(H,45,46,47,48). The van der Waals surface area contributed by atoms with Crippen molar-refractivity contribution in [3.05, 3.63) is 167 Å². The Bertz CT molecular complexity index is 3450. The summed E-state index contributed by atoms with van der Waals surface area (Å²) in [6.07, 6.45) is 0.395. The highest BCUT2D eigenvalue weighted by Gasteiger charge is 2.18. The maximum absolute atomic E-state index is 12.3. The zero-order valence-corrected chi connectivity index (χ0v) is 38.2. The average Bonchev–Trinajstić information content (AvgIpc) is 3.29. The first-order chi connectivity index (χ1) is 32.3. The molecule has 6 aromatic carbocycles. The van der Waals surface area contributed by atoms with Gasteiger partial charge in [-0.05, 0) is 127 Å². The number of aromatic nitrogens is 3. The van der Waals surface area contributed by atoms with Crippen LogP contribution >= 0.6 is 0 Å². The van der Waals surface area contributed by atoms with Crippen LogP contribution in [0.15, 0.2) is 184 Å². The second-order valence-corrected chi connectivity index (χ2v) is 19.0. The van der Waals surface area contributed by atoms with Crippen LogP contribution in [0.1, 0.15) is 33.9 Å². The van der Waals surface area contributed by atoms with Crippen LogP contribution in [0.2, 0.25) is 0 Å². The molecule has 4 N–H and O–H groups in total. The van der Waals surface area contributed by atoms with E-state index in [1.54, 1.807) is 79.7 Å². The van der Waals surface area contributed by atoms with Gasteiger partial charge in [-0.3, -0.25) is 13.7 Å². The quantitative estimate of drug-likeness (QED) is 0.0488. The van der Waals surface area contributed by atoms with E-state index >= 15 is 0 Å². The second kappa shape index (κ2) is 20.8. The highest BCUT2D eigenvalue weighted by Crippen LogP contribution is 2.33. The normalized spacial score (nSPS) is 12.5. The summed E-state index contributed by atoms with van der Waals surface area (Å²) in [5.74, 6) is -0.321. The van der Waals surface area contributed by atoms with Gasteiger partial charge in [0.05, 0.1) is 44.7 Å². The molecule has 21 nitrogen and oxygen atoms in total. The molecule has 0 saturated heterocycles. The SMILES string of the molecule is Cc1cc(Cc2nc(Cc3ccc(N=Nc4ccc(N=Nc5ccccc5)cc4S(=O)(=O)O)c(C)c3)nc(NCS(=O)(=O)O)n2)ccc1N=Nc1ccc(N=Nc2ccc(S(=O)(=O)O)cc2)cc1. The third-order valence-electron chi connectivity index (χ3n) is 9.45. The smallest absolute Gasteiger partial charge is 0.296 e. The Morgan fingerprint density at radius 3 is 1.37 bits per heavy atom. The molecule has 0 atom stereocenters. The van der Waals surface area contributed by atoms with E-state index in [0.717, 1.165) is 22.8 Å². The summed E-state index contributed by atoms with van der Waals surface area (Å²) >= 11 is 0. The lowest BCUT2D eigenvalue weighted by Crippen LogP contribution is -2.17. The van der Waals surface area contributed by atoms with Gasteiger partial charge in [-0.2, -0.15) is 71.0 Å². The number of hydrogen-bond donors (Lipinski definition) is 4. The van der Waals surface area contributed by atoms with Gasteiger partial charge in [0.1, 0.15) is 28.1 Å². The van der Waals surface area contributed by atoms with E-state index in [0.29, 0.717) is 45.5 Å². The molecule has 1 aromatic heterocycles. The molecule has 68 heavy (non-hydrogen) atoms. The Morgan fingerprint density at radius 2 is 0.882 bits per heavy atom. The second-order valence-electron chi connectivity index (χ2n) is 14.7. The van der Waals surface area contributed by atoms with Crippen LogP contribution < -0.4 is 5.32 Å². The van der Waals surface area contributed by atoms with Crippen LogP contribution in [0.4, 0.5) is 51.4 Å². The van der Waals surface area contributed by atoms with E-state index in [1.165, 1.54) is 36.4 Å². The van der Waals surface area contributed by atoms with E-state index in [4.69, 9.17) is 4.55 Å². The number of azo groups is 4. The molecule has 24 heteroatoms. The van der Waals surface area contributed by atoms with Crippen molar-refractivity contribution < 1.29 is 38.9 Å². The fourth-order valence-electron chi connectivity index (χ4n) is 6.18. The van der Waals surface area contributed by atoms with Crippen molar-refractivity contribution in [3.8, 4) is 0 Å². The fourth-order valence-corrected chi connectivity index (χ4v) is 7.61. The van der Waals surface area contributed by atoms with Gasteiger partial charge in [-0.1, -0.05) is 42.5 Å². The van der Waals surface area contributed by atoms with E-state index in [9.17, 15) is 34.4 Å². The van der Waals surface area contributed by atoms with E-state index in [2.05, 4.69) is 61.2 Å². The molecule has 7 aromatic rings. The summed E-state index contributed by atoms with van der Waals surface area (Å²) < 4.78 is 98.7. The molecular weight excluding hydrogens is 937 g/mol. The minimum absolute atomic E-state index is 0.0732. The van der Waals surface area contributed by atoms with Gasteiger partial charge in [0.15, 0.2) is 0 Å². The minimum Gasteiger partial charge on any atom is -0.338 e. The number of rotatable bonds is 17. The Kier molecular flexibility index (Phi) is 14.8. The molecule has 0 spiro atoms. The molecule has 1 heterocycles. The number of benzene rings is 6. The van der Waals surface area contributed by atoms with Gasteiger partial charge in [0, 0.05) is 12.8 Å². The van der Waals surface area contributed by atoms with Gasteiger partial charge in [-0.15, -0.1) is 5.11 Å². The topological polar surface area (TPSA) is 313 Å². The average molecular weight is 975 g/mol. The molecule has 0 amide bonds.